The van der Waals surface area contributed by atoms with Gasteiger partial charge in [-0.15, -0.1) is 0 Å². The van der Waals surface area contributed by atoms with E-state index >= 15 is 0 Å². The molecule has 5 heteroatoms. The van der Waals surface area contributed by atoms with Crippen LogP contribution in [0.2, 0.25) is 0 Å². The van der Waals surface area contributed by atoms with Gasteiger partial charge in [-0.05, 0) is 53.6 Å². The van der Waals surface area contributed by atoms with Crippen LogP contribution in [0.15, 0.2) is 35.2 Å². The largest absolute Gasteiger partial charge is 1.00 e. The summed E-state index contributed by atoms with van der Waals surface area (Å²) < 4.78 is 36.6. The van der Waals surface area contributed by atoms with E-state index in [1.54, 1.807) is 6.07 Å². The number of fused-ring (bicyclic) bond motifs is 1. The Morgan fingerprint density at radius 3 is 1.39 bits per heavy atom. The van der Waals surface area contributed by atoms with Gasteiger partial charge in [0.2, 0.25) is 0 Å². The molecule has 0 unspecified atom stereocenters. The second-order valence-corrected chi connectivity index (χ2v) is 13.4. The van der Waals surface area contributed by atoms with E-state index in [9.17, 15) is 13.0 Å². The maximum Gasteiger partial charge on any atom is 1.00 e. The number of hydrogen-bond acceptors (Lipinski definition) is 3. The van der Waals surface area contributed by atoms with E-state index in [0.29, 0.717) is 6.42 Å². The summed E-state index contributed by atoms with van der Waals surface area (Å²) in [6.45, 7) is 4.52. The fraction of sp³-hybridized carbons (Fsp3) is 0.722. The molecule has 0 aliphatic heterocycles. The summed E-state index contributed by atoms with van der Waals surface area (Å²) in [4.78, 5) is -0.00142. The van der Waals surface area contributed by atoms with Gasteiger partial charge < -0.3 is 4.55 Å². The molecule has 0 heterocycles. The average molecular weight is 595 g/mol. The molecule has 2 aromatic rings. The molecule has 0 amide bonds. The molecule has 228 valence electrons. The zero-order chi connectivity index (χ0) is 28.9. The maximum absolute atomic E-state index is 12.2. The van der Waals surface area contributed by atoms with Gasteiger partial charge in [-0.3, -0.25) is 0 Å². The van der Waals surface area contributed by atoms with E-state index in [-0.39, 0.29) is 34.5 Å². The van der Waals surface area contributed by atoms with Crippen LogP contribution in [0.5, 0.6) is 0 Å². The van der Waals surface area contributed by atoms with Gasteiger partial charge in [0.15, 0.2) is 0 Å². The van der Waals surface area contributed by atoms with Crippen molar-refractivity contribution in [2.45, 2.75) is 173 Å². The molecule has 0 saturated heterocycles. The molecule has 0 aromatic heterocycles. The fourth-order valence-corrected chi connectivity index (χ4v) is 6.89. The minimum absolute atomic E-state index is 0. The van der Waals surface area contributed by atoms with Crippen molar-refractivity contribution in [2.24, 2.45) is 0 Å². The van der Waals surface area contributed by atoms with E-state index < -0.39 is 10.1 Å². The molecule has 0 aliphatic carbocycles. The van der Waals surface area contributed by atoms with Crippen LogP contribution in [0.3, 0.4) is 0 Å². The van der Waals surface area contributed by atoms with Crippen LogP contribution in [-0.4, -0.2) is 13.0 Å². The minimum Gasteiger partial charge on any atom is -0.744 e. The van der Waals surface area contributed by atoms with Crippen LogP contribution in [0.1, 0.15) is 166 Å². The Hall–Kier alpha value is -0.390. The van der Waals surface area contributed by atoms with Gasteiger partial charge in [-0.1, -0.05) is 167 Å². The third kappa shape index (κ3) is 16.3. The Labute approximate surface area is 276 Å². The van der Waals surface area contributed by atoms with E-state index in [0.717, 1.165) is 42.0 Å². The molecule has 41 heavy (non-hydrogen) atoms. The van der Waals surface area contributed by atoms with E-state index in [1.807, 2.05) is 6.07 Å². The molecule has 0 saturated carbocycles. The van der Waals surface area contributed by atoms with Crippen molar-refractivity contribution in [2.75, 3.05) is 0 Å². The summed E-state index contributed by atoms with van der Waals surface area (Å²) in [6.07, 6.45) is 29.9. The predicted octanol–water partition coefficient (Wildman–Crippen LogP) is 8.45. The Morgan fingerprint density at radius 1 is 0.537 bits per heavy atom. The molecular formula is C36H59NaO3S. The van der Waals surface area contributed by atoms with Gasteiger partial charge in [-0.2, -0.15) is 0 Å². The second-order valence-electron chi connectivity index (χ2n) is 12.1. The number of unbranched alkanes of at least 4 members (excludes halogenated alkanes) is 20. The quantitative estimate of drug-likeness (QED) is 0.0658. The van der Waals surface area contributed by atoms with E-state index in [1.165, 1.54) is 128 Å². The van der Waals surface area contributed by atoms with Crippen LogP contribution in [-0.2, 0) is 23.0 Å². The zero-order valence-corrected chi connectivity index (χ0v) is 29.8. The fourth-order valence-electron chi connectivity index (χ4n) is 6.15. The summed E-state index contributed by atoms with van der Waals surface area (Å²) >= 11 is 0. The molecule has 3 nitrogen and oxygen atoms in total. The summed E-state index contributed by atoms with van der Waals surface area (Å²) in [5.41, 5.74) is 1.97. The molecule has 0 radical (unpaired) electrons. The smallest absolute Gasteiger partial charge is 0.744 e. The Bertz CT molecular complexity index is 1030. The second kappa shape index (κ2) is 24.0. The molecule has 0 N–H and O–H groups in total. The molecule has 0 atom stereocenters. The van der Waals surface area contributed by atoms with Gasteiger partial charge in [0.1, 0.15) is 10.1 Å². The molecular weight excluding hydrogens is 535 g/mol. The van der Waals surface area contributed by atoms with Crippen LogP contribution in [0.25, 0.3) is 10.8 Å². The van der Waals surface area contributed by atoms with Crippen LogP contribution >= 0.6 is 0 Å². The molecule has 0 aliphatic rings. The van der Waals surface area contributed by atoms with Gasteiger partial charge in [0, 0.05) is 0 Å². The normalized spacial score (nSPS) is 11.7. The molecule has 2 rings (SSSR count). The van der Waals surface area contributed by atoms with Crippen molar-refractivity contribution in [1.29, 1.82) is 0 Å². The first kappa shape index (κ1) is 38.6. The van der Waals surface area contributed by atoms with Crippen molar-refractivity contribution < 1.29 is 42.5 Å². The summed E-state index contributed by atoms with van der Waals surface area (Å²) in [5, 5.41) is 2.09. The topological polar surface area (TPSA) is 57.2 Å². The van der Waals surface area contributed by atoms with Gasteiger partial charge in [0.25, 0.3) is 0 Å². The Morgan fingerprint density at radius 2 is 0.951 bits per heavy atom. The average Bonchev–Trinajstić information content (AvgIpc) is 2.94. The standard InChI is InChI=1S/C36H60O3S.Na/c1-3-5-7-9-11-13-15-17-19-21-23-26-32-27-25-28-33-30-31-35(40(37,38)39)34(36(32)33)29-24-22-20-18-16-14-12-10-8-6-4-2;/h25,27-28,30-31H,3-24,26,29H2,1-2H3,(H,37,38,39);/q;+1/p-1. The number of hydrogen-bond donors (Lipinski definition) is 0. The molecule has 2 aromatic carbocycles. The summed E-state index contributed by atoms with van der Waals surface area (Å²) in [5.74, 6) is 0. The first-order valence-corrected chi connectivity index (χ1v) is 18.4. The first-order chi connectivity index (χ1) is 19.5. The number of rotatable bonds is 25. The third-order valence-electron chi connectivity index (χ3n) is 8.55. The number of benzene rings is 2. The Kier molecular flexibility index (Phi) is 22.6. The minimum atomic E-state index is -4.50. The van der Waals surface area contributed by atoms with Crippen molar-refractivity contribution >= 4 is 20.9 Å². The van der Waals surface area contributed by atoms with E-state index in [4.69, 9.17) is 0 Å². The van der Waals surface area contributed by atoms with Crippen LogP contribution < -0.4 is 29.6 Å². The number of aryl methyl sites for hydroxylation is 2. The van der Waals surface area contributed by atoms with Gasteiger partial charge >= 0.3 is 29.6 Å². The molecule has 0 fully saturated rings. The summed E-state index contributed by atoms with van der Waals surface area (Å²) in [7, 11) is -4.50. The Balaban J connectivity index is 0.00000840. The monoisotopic (exact) mass is 594 g/mol. The first-order valence-electron chi connectivity index (χ1n) is 17.0. The zero-order valence-electron chi connectivity index (χ0n) is 27.0. The predicted molar refractivity (Wildman–Crippen MR) is 172 cm³/mol. The summed E-state index contributed by atoms with van der Waals surface area (Å²) in [6, 6.07) is 9.65. The van der Waals surface area contributed by atoms with Crippen molar-refractivity contribution in [1.82, 2.24) is 0 Å². The van der Waals surface area contributed by atoms with Crippen LogP contribution in [0.4, 0.5) is 0 Å². The molecule has 0 bridgehead atoms. The van der Waals surface area contributed by atoms with Gasteiger partial charge in [-0.25, -0.2) is 8.42 Å². The maximum atomic E-state index is 12.2. The third-order valence-corrected chi connectivity index (χ3v) is 9.47. The van der Waals surface area contributed by atoms with Crippen molar-refractivity contribution in [3.63, 3.8) is 0 Å². The van der Waals surface area contributed by atoms with Crippen LogP contribution in [0, 0.1) is 0 Å². The molecule has 0 spiro atoms. The van der Waals surface area contributed by atoms with Crippen molar-refractivity contribution in [3.8, 4) is 0 Å². The van der Waals surface area contributed by atoms with E-state index in [2.05, 4.69) is 32.0 Å². The van der Waals surface area contributed by atoms with Crippen molar-refractivity contribution in [3.05, 3.63) is 41.5 Å². The van der Waals surface area contributed by atoms with Gasteiger partial charge in [0.05, 0.1) is 4.90 Å². The SMILES string of the molecule is CCCCCCCCCCCCCc1cccc2ccc(S(=O)(=O)[O-])c(CCCCCCCCCCCCC)c12.[Na+].